The predicted octanol–water partition coefficient (Wildman–Crippen LogP) is 8.08. The SMILES string of the molecule is COc1ccc(-c2cc(-c3ccc4oc(=O)c(-c5ccccc5)c(C)c4c3)nc3c2Cc2ccccc2-3)cc1. The summed E-state index contributed by atoms with van der Waals surface area (Å²) in [6.07, 6.45) is 0.850. The highest BCUT2D eigenvalue weighted by Crippen LogP contribution is 2.43. The summed E-state index contributed by atoms with van der Waals surface area (Å²) in [5, 5.41) is 0.902. The van der Waals surface area contributed by atoms with E-state index in [1.807, 2.05) is 61.5 Å². The molecule has 4 aromatic carbocycles. The Labute approximate surface area is 226 Å². The molecule has 0 unspecified atom stereocenters. The lowest BCUT2D eigenvalue weighted by atomic mass is 9.95. The molecule has 188 valence electrons. The van der Waals surface area contributed by atoms with Crippen LogP contribution in [0.2, 0.25) is 0 Å². The third-order valence-corrected chi connectivity index (χ3v) is 7.69. The summed E-state index contributed by atoms with van der Waals surface area (Å²) in [5.41, 5.74) is 11.5. The fourth-order valence-corrected chi connectivity index (χ4v) is 5.69. The minimum Gasteiger partial charge on any atom is -0.497 e. The third kappa shape index (κ3) is 3.84. The smallest absolute Gasteiger partial charge is 0.344 e. The second-order valence-electron chi connectivity index (χ2n) is 9.91. The lowest BCUT2D eigenvalue weighted by Crippen LogP contribution is -2.06. The van der Waals surface area contributed by atoms with Gasteiger partial charge >= 0.3 is 5.63 Å². The number of hydrogen-bond donors (Lipinski definition) is 0. The summed E-state index contributed by atoms with van der Waals surface area (Å²) in [6, 6.07) is 34.5. The van der Waals surface area contributed by atoms with E-state index < -0.39 is 0 Å². The Morgan fingerprint density at radius 3 is 2.31 bits per heavy atom. The average Bonchev–Trinajstić information content (AvgIpc) is 3.36. The minimum atomic E-state index is -0.326. The van der Waals surface area contributed by atoms with Gasteiger partial charge in [0.2, 0.25) is 0 Å². The van der Waals surface area contributed by atoms with Crippen molar-refractivity contribution in [1.82, 2.24) is 4.98 Å². The van der Waals surface area contributed by atoms with Crippen LogP contribution in [0, 0.1) is 6.92 Å². The number of ether oxygens (including phenoxy) is 1. The van der Waals surface area contributed by atoms with E-state index in [0.29, 0.717) is 11.1 Å². The van der Waals surface area contributed by atoms with Gasteiger partial charge in [-0.1, -0.05) is 66.7 Å². The molecule has 39 heavy (non-hydrogen) atoms. The highest BCUT2D eigenvalue weighted by Gasteiger charge is 2.25. The number of aromatic nitrogens is 1. The van der Waals surface area contributed by atoms with Gasteiger partial charge in [0, 0.05) is 22.9 Å². The topological polar surface area (TPSA) is 52.3 Å². The molecule has 4 nitrogen and oxygen atoms in total. The zero-order chi connectivity index (χ0) is 26.5. The predicted molar refractivity (Wildman–Crippen MR) is 156 cm³/mol. The summed E-state index contributed by atoms with van der Waals surface area (Å²) in [4.78, 5) is 18.1. The number of fused-ring (bicyclic) bond motifs is 4. The van der Waals surface area contributed by atoms with E-state index in [1.165, 1.54) is 16.7 Å². The number of methoxy groups -OCH3 is 1. The van der Waals surface area contributed by atoms with Crippen LogP contribution in [0.3, 0.4) is 0 Å². The number of rotatable bonds is 4. The first-order valence-electron chi connectivity index (χ1n) is 13.0. The van der Waals surface area contributed by atoms with Gasteiger partial charge in [-0.2, -0.15) is 0 Å². The fourth-order valence-electron chi connectivity index (χ4n) is 5.69. The Kier molecular flexibility index (Phi) is 5.41. The second-order valence-corrected chi connectivity index (χ2v) is 9.91. The molecular weight excluding hydrogens is 482 g/mol. The molecule has 0 saturated heterocycles. The number of aryl methyl sites for hydroxylation is 1. The van der Waals surface area contributed by atoms with E-state index in [4.69, 9.17) is 14.1 Å². The number of nitrogens with zero attached hydrogens (tertiary/aromatic N) is 1. The standard InChI is InChI=1S/C35H25NO3/c1-21-28-19-25(14-17-32(28)39-35(37)33(21)23-8-4-3-5-9-23)31-20-29(22-12-15-26(38-2)16-13-22)30-18-24-10-6-7-11-27(24)34(30)36-31/h3-17,19-20H,18H2,1-2H3. The van der Waals surface area contributed by atoms with E-state index in [0.717, 1.165) is 56.8 Å². The van der Waals surface area contributed by atoms with Gasteiger partial charge < -0.3 is 9.15 Å². The van der Waals surface area contributed by atoms with Crippen LogP contribution in [-0.2, 0) is 6.42 Å². The van der Waals surface area contributed by atoms with Crippen LogP contribution in [0.1, 0.15) is 16.7 Å². The highest BCUT2D eigenvalue weighted by atomic mass is 16.5. The van der Waals surface area contributed by atoms with E-state index in [9.17, 15) is 4.79 Å². The van der Waals surface area contributed by atoms with Crippen LogP contribution in [0.4, 0.5) is 0 Å². The molecule has 1 aliphatic carbocycles. The second kappa shape index (κ2) is 9.10. The Hall–Kier alpha value is -4.96. The molecule has 0 atom stereocenters. The van der Waals surface area contributed by atoms with Crippen LogP contribution < -0.4 is 10.4 Å². The van der Waals surface area contributed by atoms with Crippen molar-refractivity contribution in [2.24, 2.45) is 0 Å². The van der Waals surface area contributed by atoms with Crippen molar-refractivity contribution in [1.29, 1.82) is 0 Å². The third-order valence-electron chi connectivity index (χ3n) is 7.69. The number of hydrogen-bond acceptors (Lipinski definition) is 4. The first kappa shape index (κ1) is 23.2. The first-order valence-corrected chi connectivity index (χ1v) is 13.0. The molecule has 0 fully saturated rings. The lowest BCUT2D eigenvalue weighted by Gasteiger charge is -2.14. The van der Waals surface area contributed by atoms with E-state index in [-0.39, 0.29) is 5.63 Å². The Morgan fingerprint density at radius 1 is 0.769 bits per heavy atom. The summed E-state index contributed by atoms with van der Waals surface area (Å²) < 4.78 is 11.2. The van der Waals surface area contributed by atoms with Gasteiger partial charge in [0.25, 0.3) is 0 Å². The Balaban J connectivity index is 1.44. The molecule has 1 aliphatic rings. The van der Waals surface area contributed by atoms with Gasteiger partial charge in [-0.3, -0.25) is 0 Å². The first-order chi connectivity index (χ1) is 19.1. The summed E-state index contributed by atoms with van der Waals surface area (Å²) >= 11 is 0. The van der Waals surface area contributed by atoms with Gasteiger partial charge in [0.1, 0.15) is 11.3 Å². The van der Waals surface area contributed by atoms with Gasteiger partial charge in [-0.15, -0.1) is 0 Å². The van der Waals surface area contributed by atoms with Crippen LogP contribution >= 0.6 is 0 Å². The quantitative estimate of drug-likeness (QED) is 0.226. The molecule has 0 radical (unpaired) electrons. The lowest BCUT2D eigenvalue weighted by molar-refractivity contribution is 0.415. The van der Waals surface area contributed by atoms with Crippen molar-refractivity contribution in [2.45, 2.75) is 13.3 Å². The van der Waals surface area contributed by atoms with Crippen molar-refractivity contribution in [3.63, 3.8) is 0 Å². The molecule has 2 aromatic heterocycles. The molecule has 2 heterocycles. The molecule has 7 rings (SSSR count). The zero-order valence-electron chi connectivity index (χ0n) is 21.7. The summed E-state index contributed by atoms with van der Waals surface area (Å²) in [7, 11) is 1.68. The molecule has 0 bridgehead atoms. The molecule has 6 aromatic rings. The van der Waals surface area contributed by atoms with Crippen molar-refractivity contribution in [2.75, 3.05) is 7.11 Å². The molecule has 0 saturated carbocycles. The van der Waals surface area contributed by atoms with E-state index in [1.54, 1.807) is 7.11 Å². The zero-order valence-corrected chi connectivity index (χ0v) is 21.7. The highest BCUT2D eigenvalue weighted by molar-refractivity contribution is 5.91. The molecule has 0 spiro atoms. The summed E-state index contributed by atoms with van der Waals surface area (Å²) in [5.74, 6) is 0.827. The monoisotopic (exact) mass is 507 g/mol. The molecule has 0 aliphatic heterocycles. The average molecular weight is 508 g/mol. The van der Waals surface area contributed by atoms with Crippen molar-refractivity contribution in [3.05, 3.63) is 130 Å². The maximum absolute atomic E-state index is 12.9. The molecule has 0 amide bonds. The van der Waals surface area contributed by atoms with Crippen molar-refractivity contribution >= 4 is 11.0 Å². The van der Waals surface area contributed by atoms with E-state index in [2.05, 4.69) is 48.5 Å². The summed E-state index contributed by atoms with van der Waals surface area (Å²) in [6.45, 7) is 1.99. The van der Waals surface area contributed by atoms with Gasteiger partial charge in [0.15, 0.2) is 0 Å². The van der Waals surface area contributed by atoms with Crippen LogP contribution in [0.5, 0.6) is 5.75 Å². The fraction of sp³-hybridized carbons (Fsp3) is 0.0857. The Bertz CT molecular complexity index is 1940. The number of benzene rings is 4. The van der Waals surface area contributed by atoms with Crippen LogP contribution in [0.15, 0.2) is 112 Å². The largest absolute Gasteiger partial charge is 0.497 e. The number of pyridine rings is 1. The van der Waals surface area contributed by atoms with Gasteiger partial charge in [-0.25, -0.2) is 9.78 Å². The molecular formula is C35H25NO3. The maximum atomic E-state index is 12.9. The van der Waals surface area contributed by atoms with E-state index >= 15 is 0 Å². The molecule has 0 N–H and O–H groups in total. The van der Waals surface area contributed by atoms with Crippen molar-refractivity contribution < 1.29 is 9.15 Å². The van der Waals surface area contributed by atoms with Crippen LogP contribution in [0.25, 0.3) is 55.7 Å². The maximum Gasteiger partial charge on any atom is 0.344 e. The van der Waals surface area contributed by atoms with Gasteiger partial charge in [0.05, 0.1) is 24.1 Å². The normalized spacial score (nSPS) is 11.8. The van der Waals surface area contributed by atoms with Crippen molar-refractivity contribution in [3.8, 4) is 50.5 Å². The Morgan fingerprint density at radius 2 is 1.51 bits per heavy atom. The van der Waals surface area contributed by atoms with Gasteiger partial charge in [-0.05, 0) is 76.7 Å². The minimum absolute atomic E-state index is 0.326. The molecule has 4 heteroatoms. The van der Waals surface area contributed by atoms with Crippen LogP contribution in [-0.4, -0.2) is 12.1 Å².